The number of pyridine rings is 1. The molecule has 1 aromatic carbocycles. The van der Waals surface area contributed by atoms with Crippen LogP contribution in [0.1, 0.15) is 31.4 Å². The van der Waals surface area contributed by atoms with E-state index >= 15 is 0 Å². The summed E-state index contributed by atoms with van der Waals surface area (Å²) in [5.41, 5.74) is 2.68. The van der Waals surface area contributed by atoms with Gasteiger partial charge in [0.05, 0.1) is 5.25 Å². The quantitative estimate of drug-likeness (QED) is 0.590. The first kappa shape index (κ1) is 19.0. The van der Waals surface area contributed by atoms with Gasteiger partial charge < -0.3 is 5.32 Å². The van der Waals surface area contributed by atoms with Crippen molar-refractivity contribution in [2.45, 2.75) is 43.1 Å². The Bertz CT molecular complexity index is 1000. The maximum atomic E-state index is 12.7. The third kappa shape index (κ3) is 4.05. The summed E-state index contributed by atoms with van der Waals surface area (Å²) in [6, 6.07) is 9.71. The van der Waals surface area contributed by atoms with Crippen molar-refractivity contribution in [3.8, 4) is 11.4 Å². The first-order chi connectivity index (χ1) is 13.5. The normalized spacial score (nSPS) is 14.7. The van der Waals surface area contributed by atoms with Crippen molar-refractivity contribution in [1.29, 1.82) is 0 Å². The van der Waals surface area contributed by atoms with E-state index in [1.807, 2.05) is 38.1 Å². The van der Waals surface area contributed by atoms with Gasteiger partial charge in [0.25, 0.3) is 0 Å². The summed E-state index contributed by atoms with van der Waals surface area (Å²) in [5.74, 6) is 0.733. The molecule has 1 aliphatic rings. The van der Waals surface area contributed by atoms with Crippen LogP contribution in [-0.2, 0) is 4.79 Å². The van der Waals surface area contributed by atoms with Crippen LogP contribution >= 0.6 is 23.4 Å². The third-order valence-electron chi connectivity index (χ3n) is 4.62. The van der Waals surface area contributed by atoms with Crippen LogP contribution in [0, 0.1) is 6.92 Å². The predicted octanol–water partition coefficient (Wildman–Crippen LogP) is 4.76. The maximum Gasteiger partial charge on any atom is 0.237 e. The van der Waals surface area contributed by atoms with E-state index < -0.39 is 0 Å². The number of carbonyl (C=O) groups is 1. The number of aromatic nitrogens is 4. The zero-order valence-corrected chi connectivity index (χ0v) is 17.2. The molecule has 1 aliphatic carbocycles. The molecule has 1 atom stereocenters. The van der Waals surface area contributed by atoms with Gasteiger partial charge >= 0.3 is 0 Å². The van der Waals surface area contributed by atoms with Gasteiger partial charge in [-0.1, -0.05) is 29.4 Å². The highest BCUT2D eigenvalue weighted by molar-refractivity contribution is 8.00. The number of aryl methyl sites for hydroxylation is 1. The zero-order valence-electron chi connectivity index (χ0n) is 15.6. The van der Waals surface area contributed by atoms with Gasteiger partial charge in [0.2, 0.25) is 5.91 Å². The van der Waals surface area contributed by atoms with E-state index in [-0.39, 0.29) is 11.2 Å². The molecule has 144 valence electrons. The molecule has 28 heavy (non-hydrogen) atoms. The summed E-state index contributed by atoms with van der Waals surface area (Å²) in [6.07, 6.45) is 5.70. The van der Waals surface area contributed by atoms with Gasteiger partial charge in [-0.05, 0) is 56.5 Å². The fraction of sp³-hybridized carbons (Fsp3) is 0.300. The topological polar surface area (TPSA) is 72.7 Å². The first-order valence-electron chi connectivity index (χ1n) is 9.12. The lowest BCUT2D eigenvalue weighted by Crippen LogP contribution is -2.23. The molecule has 1 saturated carbocycles. The van der Waals surface area contributed by atoms with Gasteiger partial charge in [-0.3, -0.25) is 14.3 Å². The number of nitrogens with one attached hydrogen (secondary N) is 1. The molecule has 0 radical (unpaired) electrons. The Kier molecular flexibility index (Phi) is 5.37. The van der Waals surface area contributed by atoms with Gasteiger partial charge in [-0.2, -0.15) is 0 Å². The average molecular weight is 414 g/mol. The van der Waals surface area contributed by atoms with E-state index in [9.17, 15) is 4.79 Å². The number of halogens is 1. The fourth-order valence-electron chi connectivity index (χ4n) is 2.89. The highest BCUT2D eigenvalue weighted by atomic mass is 35.5. The van der Waals surface area contributed by atoms with Gasteiger partial charge in [-0.15, -0.1) is 10.2 Å². The van der Waals surface area contributed by atoms with Crippen molar-refractivity contribution < 1.29 is 4.79 Å². The Labute approximate surface area is 172 Å². The van der Waals surface area contributed by atoms with Crippen LogP contribution in [0.2, 0.25) is 5.02 Å². The second kappa shape index (κ2) is 7.93. The summed E-state index contributed by atoms with van der Waals surface area (Å²) >= 11 is 7.47. The van der Waals surface area contributed by atoms with Crippen molar-refractivity contribution in [2.75, 3.05) is 5.32 Å². The Hall–Kier alpha value is -2.38. The van der Waals surface area contributed by atoms with E-state index in [4.69, 9.17) is 11.6 Å². The summed E-state index contributed by atoms with van der Waals surface area (Å²) < 4.78 is 2.15. The van der Waals surface area contributed by atoms with E-state index in [1.54, 1.807) is 18.5 Å². The minimum Gasteiger partial charge on any atom is -0.325 e. The highest BCUT2D eigenvalue weighted by Gasteiger charge is 2.31. The summed E-state index contributed by atoms with van der Waals surface area (Å²) in [5, 5.41) is 12.7. The molecule has 0 saturated heterocycles. The van der Waals surface area contributed by atoms with Crippen LogP contribution in [0.4, 0.5) is 5.69 Å². The van der Waals surface area contributed by atoms with Crippen LogP contribution in [-0.4, -0.2) is 30.9 Å². The summed E-state index contributed by atoms with van der Waals surface area (Å²) in [4.78, 5) is 16.8. The first-order valence-corrected chi connectivity index (χ1v) is 10.4. The van der Waals surface area contributed by atoms with Gasteiger partial charge in [-0.25, -0.2) is 0 Å². The molecule has 2 heterocycles. The van der Waals surface area contributed by atoms with Crippen LogP contribution in [0.15, 0.2) is 47.9 Å². The molecule has 2 aromatic heterocycles. The molecule has 6 nitrogen and oxygen atoms in total. The van der Waals surface area contributed by atoms with Gasteiger partial charge in [0.15, 0.2) is 11.0 Å². The highest BCUT2D eigenvalue weighted by Crippen LogP contribution is 2.41. The smallest absolute Gasteiger partial charge is 0.237 e. The van der Waals surface area contributed by atoms with Crippen LogP contribution < -0.4 is 5.32 Å². The lowest BCUT2D eigenvalue weighted by atomic mass is 10.2. The minimum absolute atomic E-state index is 0.0915. The van der Waals surface area contributed by atoms with Crippen LogP contribution in [0.3, 0.4) is 0 Å². The molecule has 0 bridgehead atoms. The zero-order chi connectivity index (χ0) is 19.7. The SMILES string of the molecule is Cc1ccc(Cl)cc1NC(=O)[C@H](C)Sc1nnc(-c2ccncc2)n1C1CC1. The van der Waals surface area contributed by atoms with Crippen molar-refractivity contribution in [1.82, 2.24) is 19.7 Å². The molecule has 0 aliphatic heterocycles. The Morgan fingerprint density at radius 2 is 2.00 bits per heavy atom. The molecule has 1 amide bonds. The summed E-state index contributed by atoms with van der Waals surface area (Å²) in [6.45, 7) is 3.81. The molecule has 4 rings (SSSR count). The van der Waals surface area contributed by atoms with Crippen LogP contribution in [0.25, 0.3) is 11.4 Å². The van der Waals surface area contributed by atoms with Crippen LogP contribution in [0.5, 0.6) is 0 Å². The predicted molar refractivity (Wildman–Crippen MR) is 112 cm³/mol. The molecular formula is C20H20ClN5OS. The molecule has 8 heteroatoms. The van der Waals surface area contributed by atoms with E-state index in [0.717, 1.165) is 40.6 Å². The molecular weight excluding hydrogens is 394 g/mol. The van der Waals surface area contributed by atoms with Crippen molar-refractivity contribution in [3.05, 3.63) is 53.3 Å². The number of rotatable bonds is 6. The van der Waals surface area contributed by atoms with Crippen molar-refractivity contribution in [3.63, 3.8) is 0 Å². The Balaban J connectivity index is 1.53. The number of hydrogen-bond acceptors (Lipinski definition) is 5. The standard InChI is InChI=1S/C20H20ClN5OS/c1-12-3-4-15(21)11-17(12)23-19(27)13(2)28-20-25-24-18(26(20)16-5-6-16)14-7-9-22-10-8-14/h3-4,7-11,13,16H,5-6H2,1-2H3,(H,23,27)/t13-/m0/s1. The summed E-state index contributed by atoms with van der Waals surface area (Å²) in [7, 11) is 0. The lowest BCUT2D eigenvalue weighted by molar-refractivity contribution is -0.115. The molecule has 0 spiro atoms. The number of carbonyl (C=O) groups excluding carboxylic acids is 1. The molecule has 0 unspecified atom stereocenters. The number of amides is 1. The average Bonchev–Trinajstić information content (AvgIpc) is 3.45. The maximum absolute atomic E-state index is 12.7. The number of thioether (sulfide) groups is 1. The monoisotopic (exact) mass is 413 g/mol. The third-order valence-corrected chi connectivity index (χ3v) is 5.92. The van der Waals surface area contributed by atoms with Crippen molar-refractivity contribution >= 4 is 35.0 Å². The van der Waals surface area contributed by atoms with E-state index in [0.29, 0.717) is 11.1 Å². The van der Waals surface area contributed by atoms with Gasteiger partial charge in [0, 0.05) is 34.7 Å². The molecule has 1 N–H and O–H groups in total. The number of hydrogen-bond donors (Lipinski definition) is 1. The minimum atomic E-state index is -0.328. The number of benzene rings is 1. The molecule has 1 fully saturated rings. The molecule has 3 aromatic rings. The van der Waals surface area contributed by atoms with Crippen molar-refractivity contribution in [2.24, 2.45) is 0 Å². The number of anilines is 1. The Morgan fingerprint density at radius 1 is 1.25 bits per heavy atom. The van der Waals surface area contributed by atoms with E-state index in [1.165, 1.54) is 11.8 Å². The van der Waals surface area contributed by atoms with E-state index in [2.05, 4.69) is 25.1 Å². The second-order valence-corrected chi connectivity index (χ2v) is 8.60. The second-order valence-electron chi connectivity index (χ2n) is 6.85. The lowest BCUT2D eigenvalue weighted by Gasteiger charge is -2.14. The fourth-order valence-corrected chi connectivity index (χ4v) is 3.98. The Morgan fingerprint density at radius 3 is 2.71 bits per heavy atom. The van der Waals surface area contributed by atoms with Gasteiger partial charge in [0.1, 0.15) is 0 Å². The largest absolute Gasteiger partial charge is 0.325 e. The number of nitrogens with zero attached hydrogens (tertiary/aromatic N) is 4.